The third kappa shape index (κ3) is 6.11. The zero-order valence-electron chi connectivity index (χ0n) is 23.6. The predicted octanol–water partition coefficient (Wildman–Crippen LogP) is 5.23. The summed E-state index contributed by atoms with van der Waals surface area (Å²) >= 11 is 0. The van der Waals surface area contributed by atoms with Crippen LogP contribution in [-0.4, -0.2) is 42.4 Å². The summed E-state index contributed by atoms with van der Waals surface area (Å²) in [7, 11) is 1.33. The number of rotatable bonds is 10. The Morgan fingerprint density at radius 2 is 1.61 bits per heavy atom. The zero-order valence-corrected chi connectivity index (χ0v) is 23.6. The van der Waals surface area contributed by atoms with Gasteiger partial charge in [0.05, 0.1) is 25.0 Å². The number of benzene rings is 2. The van der Waals surface area contributed by atoms with E-state index in [4.69, 9.17) is 9.47 Å². The van der Waals surface area contributed by atoms with Gasteiger partial charge in [-0.25, -0.2) is 10.2 Å². The average molecular weight is 558 g/mol. The molecule has 4 aliphatic carbocycles. The van der Waals surface area contributed by atoms with Gasteiger partial charge in [0.25, 0.3) is 0 Å². The first-order valence-electron chi connectivity index (χ1n) is 14.9. The minimum Gasteiger partial charge on any atom is -0.469 e. The molecule has 8 heteroatoms. The minimum atomic E-state index is -0.613. The van der Waals surface area contributed by atoms with Crippen LogP contribution in [0.2, 0.25) is 0 Å². The lowest BCUT2D eigenvalue weighted by Crippen LogP contribution is -2.50. The molecule has 8 nitrogen and oxygen atoms in total. The summed E-state index contributed by atoms with van der Waals surface area (Å²) in [4.78, 5) is 38.6. The maximum Gasteiger partial charge on any atom is 0.426 e. The van der Waals surface area contributed by atoms with Crippen molar-refractivity contribution in [2.75, 3.05) is 19.1 Å². The number of nitrogens with zero attached hydrogens (tertiary/aromatic N) is 1. The predicted molar refractivity (Wildman–Crippen MR) is 156 cm³/mol. The third-order valence-electron chi connectivity index (χ3n) is 9.42. The van der Waals surface area contributed by atoms with E-state index in [2.05, 4.69) is 10.7 Å². The van der Waals surface area contributed by atoms with Crippen LogP contribution >= 0.6 is 0 Å². The molecule has 4 saturated carbocycles. The van der Waals surface area contributed by atoms with Crippen LogP contribution in [0.1, 0.15) is 49.7 Å². The number of nitrogens with one attached hydrogen (secondary N) is 2. The highest BCUT2D eigenvalue weighted by Crippen LogP contribution is 2.54. The van der Waals surface area contributed by atoms with E-state index in [1.165, 1.54) is 39.2 Å². The maximum absolute atomic E-state index is 13.2. The summed E-state index contributed by atoms with van der Waals surface area (Å²) in [6, 6.07) is 17.7. The van der Waals surface area contributed by atoms with Gasteiger partial charge in [0.15, 0.2) is 0 Å². The molecule has 3 aromatic rings. The number of carbonyl (C=O) groups excluding carboxylic acids is 3. The van der Waals surface area contributed by atoms with Crippen molar-refractivity contribution in [2.24, 2.45) is 29.6 Å². The van der Waals surface area contributed by atoms with Crippen LogP contribution in [0.15, 0.2) is 60.8 Å². The zero-order chi connectivity index (χ0) is 28.3. The molecular formula is C33H39N3O5. The molecule has 4 aliphatic rings. The first kappa shape index (κ1) is 27.4. The van der Waals surface area contributed by atoms with Gasteiger partial charge in [-0.2, -0.15) is 0 Å². The summed E-state index contributed by atoms with van der Waals surface area (Å²) in [5, 5.41) is 3.91. The van der Waals surface area contributed by atoms with Crippen molar-refractivity contribution in [2.45, 2.75) is 57.5 Å². The number of para-hydroxylation sites is 1. The lowest BCUT2D eigenvalue weighted by atomic mass is 9.55. The van der Waals surface area contributed by atoms with Gasteiger partial charge in [-0.3, -0.25) is 14.3 Å². The van der Waals surface area contributed by atoms with Gasteiger partial charge in [-0.15, -0.1) is 0 Å². The number of esters is 1. The van der Waals surface area contributed by atoms with Crippen LogP contribution in [0.5, 0.6) is 0 Å². The largest absolute Gasteiger partial charge is 0.469 e. The summed E-state index contributed by atoms with van der Waals surface area (Å²) in [6.45, 7) is 0.473. The Balaban J connectivity index is 1.14. The second-order valence-corrected chi connectivity index (χ2v) is 12.2. The maximum atomic E-state index is 13.2. The highest BCUT2D eigenvalue weighted by molar-refractivity contribution is 5.89. The van der Waals surface area contributed by atoms with Crippen LogP contribution < -0.4 is 10.7 Å². The smallest absolute Gasteiger partial charge is 0.426 e. The fraction of sp³-hybridized carbons (Fsp3) is 0.485. The van der Waals surface area contributed by atoms with Gasteiger partial charge in [0.1, 0.15) is 6.10 Å². The Morgan fingerprint density at radius 3 is 2.32 bits per heavy atom. The Morgan fingerprint density at radius 1 is 0.927 bits per heavy atom. The van der Waals surface area contributed by atoms with Crippen LogP contribution in [0.4, 0.5) is 4.79 Å². The quantitative estimate of drug-likeness (QED) is 0.333. The van der Waals surface area contributed by atoms with E-state index in [0.717, 1.165) is 33.9 Å². The molecular weight excluding hydrogens is 518 g/mol. The lowest BCUT2D eigenvalue weighted by Gasteiger charge is -2.53. The molecule has 1 heterocycles. The molecule has 0 radical (unpaired) electrons. The Kier molecular flexibility index (Phi) is 7.99. The number of fused-ring (bicyclic) bond motifs is 1. The highest BCUT2D eigenvalue weighted by Gasteiger charge is 2.50. The Labute approximate surface area is 240 Å². The second-order valence-electron chi connectivity index (χ2n) is 12.2. The molecule has 0 spiro atoms. The van der Waals surface area contributed by atoms with Crippen molar-refractivity contribution < 1.29 is 23.9 Å². The first-order chi connectivity index (χ1) is 20.0. The normalized spacial score (nSPS) is 25.0. The van der Waals surface area contributed by atoms with Crippen molar-refractivity contribution in [1.29, 1.82) is 0 Å². The fourth-order valence-corrected chi connectivity index (χ4v) is 7.75. The van der Waals surface area contributed by atoms with Gasteiger partial charge in [-0.1, -0.05) is 48.5 Å². The highest BCUT2D eigenvalue weighted by atomic mass is 16.6. The van der Waals surface area contributed by atoms with Gasteiger partial charge in [0, 0.05) is 18.1 Å². The summed E-state index contributed by atoms with van der Waals surface area (Å²) < 4.78 is 12.6. The van der Waals surface area contributed by atoms with Gasteiger partial charge < -0.3 is 14.8 Å². The molecule has 0 aliphatic heterocycles. The number of hydrogen-bond acceptors (Lipinski definition) is 5. The van der Waals surface area contributed by atoms with Crippen LogP contribution in [-0.2, 0) is 31.9 Å². The number of hydrogen-bond donors (Lipinski definition) is 2. The van der Waals surface area contributed by atoms with Crippen molar-refractivity contribution in [3.8, 4) is 0 Å². The van der Waals surface area contributed by atoms with E-state index >= 15 is 0 Å². The summed E-state index contributed by atoms with van der Waals surface area (Å²) in [5.74, 6) is 1.33. The molecule has 1 aromatic heterocycles. The van der Waals surface area contributed by atoms with Gasteiger partial charge >= 0.3 is 12.1 Å². The van der Waals surface area contributed by atoms with Crippen LogP contribution in [0.25, 0.3) is 10.9 Å². The van der Waals surface area contributed by atoms with Crippen molar-refractivity contribution in [3.05, 3.63) is 71.9 Å². The molecule has 4 fully saturated rings. The molecule has 2 N–H and O–H groups in total. The molecule has 1 unspecified atom stereocenters. The van der Waals surface area contributed by atoms with Crippen molar-refractivity contribution in [1.82, 2.24) is 9.99 Å². The van der Waals surface area contributed by atoms with Crippen molar-refractivity contribution in [3.63, 3.8) is 0 Å². The lowest BCUT2D eigenvalue weighted by molar-refractivity contribution is -0.144. The van der Waals surface area contributed by atoms with E-state index in [1.807, 2.05) is 60.8 Å². The molecule has 7 rings (SSSR count). The Bertz CT molecular complexity index is 1370. The number of ether oxygens (including phenoxy) is 2. The Hall–Kier alpha value is -3.81. The van der Waals surface area contributed by atoms with E-state index in [1.54, 1.807) is 4.68 Å². The molecule has 2 aromatic carbocycles. The van der Waals surface area contributed by atoms with E-state index in [0.29, 0.717) is 31.2 Å². The van der Waals surface area contributed by atoms with E-state index in [9.17, 15) is 14.4 Å². The van der Waals surface area contributed by atoms with Gasteiger partial charge in [-0.05, 0) is 85.8 Å². The van der Waals surface area contributed by atoms with E-state index in [-0.39, 0.29) is 18.4 Å². The molecule has 2 amide bonds. The van der Waals surface area contributed by atoms with Crippen LogP contribution in [0.3, 0.4) is 0 Å². The molecule has 1 atom stereocenters. The average Bonchev–Trinajstić information content (AvgIpc) is 3.31. The van der Waals surface area contributed by atoms with E-state index < -0.39 is 18.0 Å². The van der Waals surface area contributed by atoms with Crippen molar-refractivity contribution >= 4 is 28.9 Å². The summed E-state index contributed by atoms with van der Waals surface area (Å²) in [5.41, 5.74) is 5.74. The first-order valence-corrected chi connectivity index (χ1v) is 14.9. The second kappa shape index (κ2) is 12.0. The molecule has 41 heavy (non-hydrogen) atoms. The topological polar surface area (TPSA) is 98.7 Å². The number of methoxy groups -OCH3 is 1. The fourth-order valence-electron chi connectivity index (χ4n) is 7.75. The molecule has 0 saturated heterocycles. The minimum absolute atomic E-state index is 0.00637. The number of amides is 2. The third-order valence-corrected chi connectivity index (χ3v) is 9.42. The monoisotopic (exact) mass is 557 g/mol. The molecule has 4 bridgehead atoms. The van der Waals surface area contributed by atoms with Gasteiger partial charge in [0.2, 0.25) is 5.91 Å². The number of aromatic nitrogens is 1. The summed E-state index contributed by atoms with van der Waals surface area (Å²) in [6.07, 6.45) is 8.44. The molecule has 216 valence electrons. The SMILES string of the molecule is COC(=O)CC(Cc1cn(NC(=O)OC2C3CC4CC(C3)CC2C4)c2ccccc12)C(=O)NCCc1ccccc1. The van der Waals surface area contributed by atoms with Crippen LogP contribution in [0, 0.1) is 29.6 Å². The number of carbonyl (C=O) groups is 3. The standard InChI is InChI=1S/C33H39N3O5/c1-40-30(37)19-26(32(38)34-12-11-21-7-3-2-4-8-21)18-27-20-36(29-10-6-5-9-28(27)29)35-33(39)41-31-24-14-22-13-23(16-24)17-25(31)15-22/h2-10,20,22-26,31H,11-19H2,1H3,(H,34,38)(H,35,39).